The van der Waals surface area contributed by atoms with Gasteiger partial charge in [0.1, 0.15) is 5.60 Å². The summed E-state index contributed by atoms with van der Waals surface area (Å²) in [5, 5.41) is 19.9. The monoisotopic (exact) mass is 230 g/mol. The van der Waals surface area contributed by atoms with E-state index in [2.05, 4.69) is 9.83 Å². The van der Waals surface area contributed by atoms with Crippen molar-refractivity contribution in [2.45, 2.75) is 19.4 Å². The van der Waals surface area contributed by atoms with Gasteiger partial charge in [-0.25, -0.2) is 4.85 Å². The lowest BCUT2D eigenvalue weighted by Gasteiger charge is -2.18. The van der Waals surface area contributed by atoms with E-state index in [4.69, 9.17) is 11.7 Å². The molecular weight excluding hydrogens is 216 g/mol. The maximum absolute atomic E-state index is 9.95. The minimum Gasteiger partial charge on any atom is -0.393 e. The number of hydrogen-bond donors (Lipinski definition) is 3. The van der Waals surface area contributed by atoms with Crippen molar-refractivity contribution in [1.29, 1.82) is 0 Å². The van der Waals surface area contributed by atoms with Gasteiger partial charge in [-0.05, 0) is 43.0 Å². The third-order valence-electron chi connectivity index (χ3n) is 2.95. The molecule has 0 saturated carbocycles. The average Bonchev–Trinajstić information content (AvgIpc) is 2.71. The van der Waals surface area contributed by atoms with E-state index in [1.807, 2.05) is 13.0 Å². The Morgan fingerprint density at radius 3 is 2.71 bits per heavy atom. The zero-order valence-electron chi connectivity index (χ0n) is 9.78. The molecule has 2 rings (SSSR count). The fourth-order valence-electron chi connectivity index (χ4n) is 1.77. The summed E-state index contributed by atoms with van der Waals surface area (Å²) >= 11 is 0. The number of aliphatic hydroxyl groups excluding tert-OH is 1. The second-order valence-corrected chi connectivity index (χ2v) is 4.45. The molecule has 4 nitrogen and oxygen atoms in total. The molecule has 1 aromatic heterocycles. The van der Waals surface area contributed by atoms with Gasteiger partial charge >= 0.3 is 0 Å². The van der Waals surface area contributed by atoms with Crippen molar-refractivity contribution in [3.63, 3.8) is 0 Å². The van der Waals surface area contributed by atoms with E-state index in [9.17, 15) is 5.11 Å². The van der Waals surface area contributed by atoms with Gasteiger partial charge in [0.25, 0.3) is 0 Å². The summed E-state index contributed by atoms with van der Waals surface area (Å²) in [6, 6.07) is 5.42. The van der Waals surface area contributed by atoms with Crippen LogP contribution in [-0.4, -0.2) is 21.8 Å². The number of nitrogens with one attached hydrogen (secondary N) is 1. The summed E-state index contributed by atoms with van der Waals surface area (Å²) in [7, 11) is 0. The number of aryl methyl sites for hydroxylation is 1. The van der Waals surface area contributed by atoms with Crippen molar-refractivity contribution in [3.05, 3.63) is 40.9 Å². The van der Waals surface area contributed by atoms with Gasteiger partial charge < -0.3 is 15.2 Å². The van der Waals surface area contributed by atoms with Crippen molar-refractivity contribution < 1.29 is 10.2 Å². The minimum atomic E-state index is -1.29. The van der Waals surface area contributed by atoms with Crippen molar-refractivity contribution in [3.8, 4) is 0 Å². The van der Waals surface area contributed by atoms with E-state index in [0.717, 1.165) is 16.5 Å². The Balaban J connectivity index is 2.63. The molecule has 1 aromatic carbocycles. The Morgan fingerprint density at radius 1 is 1.41 bits per heavy atom. The van der Waals surface area contributed by atoms with Crippen LogP contribution in [0.4, 0.5) is 5.69 Å². The molecule has 0 saturated heterocycles. The molecule has 17 heavy (non-hydrogen) atoms. The quantitative estimate of drug-likeness (QED) is 0.693. The van der Waals surface area contributed by atoms with E-state index in [0.29, 0.717) is 11.4 Å². The number of H-pyrrole nitrogens is 1. The van der Waals surface area contributed by atoms with Crippen LogP contribution in [0, 0.1) is 13.5 Å². The first-order valence-corrected chi connectivity index (χ1v) is 5.32. The van der Waals surface area contributed by atoms with Gasteiger partial charge in [0.05, 0.1) is 18.9 Å². The molecule has 4 heteroatoms. The number of fused-ring (bicyclic) bond motifs is 1. The Bertz CT molecular complexity index is 606. The van der Waals surface area contributed by atoms with Gasteiger partial charge in [-0.2, -0.15) is 0 Å². The number of benzene rings is 1. The molecule has 0 spiro atoms. The van der Waals surface area contributed by atoms with E-state index in [1.165, 1.54) is 0 Å². The highest BCUT2D eigenvalue weighted by Crippen LogP contribution is 2.29. The van der Waals surface area contributed by atoms with Crippen molar-refractivity contribution in [2.24, 2.45) is 0 Å². The molecule has 0 aliphatic heterocycles. The number of aromatic nitrogens is 1. The topological polar surface area (TPSA) is 60.6 Å². The predicted octanol–water partition coefficient (Wildman–Crippen LogP) is 2.23. The van der Waals surface area contributed by atoms with Gasteiger partial charge in [0.15, 0.2) is 5.69 Å². The van der Waals surface area contributed by atoms with Crippen molar-refractivity contribution >= 4 is 16.6 Å². The Labute approximate surface area is 99.3 Å². The summed E-state index contributed by atoms with van der Waals surface area (Å²) in [6.45, 7) is 10.1. The fraction of sp³-hybridized carbons (Fsp3) is 0.308. The first kappa shape index (κ1) is 11.6. The van der Waals surface area contributed by atoms with E-state index in [1.54, 1.807) is 19.1 Å². The lowest BCUT2D eigenvalue weighted by Crippen LogP contribution is -2.26. The number of aliphatic hydroxyl groups is 2. The molecule has 0 bridgehead atoms. The second kappa shape index (κ2) is 3.88. The van der Waals surface area contributed by atoms with Crippen LogP contribution < -0.4 is 0 Å². The Kier molecular flexibility index (Phi) is 2.66. The summed E-state index contributed by atoms with van der Waals surface area (Å²) in [6.07, 6.45) is 0. The largest absolute Gasteiger partial charge is 0.393 e. The van der Waals surface area contributed by atoms with E-state index < -0.39 is 5.60 Å². The van der Waals surface area contributed by atoms with E-state index >= 15 is 0 Å². The standard InChI is InChI=1S/C13H14N2O2/c1-8-4-11-9(5-10(8)14-3)6-12(15-11)13(2,17)7-16/h4-6,15-17H,7H2,1-2H3. The van der Waals surface area contributed by atoms with Gasteiger partial charge in [0, 0.05) is 5.52 Å². The molecule has 0 amide bonds. The van der Waals surface area contributed by atoms with Crippen LogP contribution in [-0.2, 0) is 5.60 Å². The zero-order chi connectivity index (χ0) is 12.6. The number of aromatic amines is 1. The molecule has 1 atom stereocenters. The first-order chi connectivity index (χ1) is 7.97. The molecule has 1 heterocycles. The molecule has 0 aliphatic rings. The van der Waals surface area contributed by atoms with Gasteiger partial charge in [-0.1, -0.05) is 0 Å². The summed E-state index contributed by atoms with van der Waals surface area (Å²) in [5.74, 6) is 0. The van der Waals surface area contributed by atoms with Crippen molar-refractivity contribution in [2.75, 3.05) is 6.61 Å². The van der Waals surface area contributed by atoms with Gasteiger partial charge in [-0.15, -0.1) is 0 Å². The number of rotatable bonds is 2. The molecule has 0 aliphatic carbocycles. The molecule has 2 aromatic rings. The molecule has 88 valence electrons. The first-order valence-electron chi connectivity index (χ1n) is 5.32. The smallest absolute Gasteiger partial charge is 0.190 e. The Hall–Kier alpha value is -1.83. The maximum atomic E-state index is 9.95. The van der Waals surface area contributed by atoms with Crippen molar-refractivity contribution in [1.82, 2.24) is 4.98 Å². The van der Waals surface area contributed by atoms with Crippen LogP contribution in [0.5, 0.6) is 0 Å². The van der Waals surface area contributed by atoms with Crippen LogP contribution >= 0.6 is 0 Å². The summed E-state index contributed by atoms with van der Waals surface area (Å²) < 4.78 is 0. The van der Waals surface area contributed by atoms with Crippen LogP contribution in [0.15, 0.2) is 18.2 Å². The van der Waals surface area contributed by atoms with Crippen LogP contribution in [0.25, 0.3) is 15.7 Å². The Morgan fingerprint density at radius 2 is 2.12 bits per heavy atom. The average molecular weight is 230 g/mol. The third kappa shape index (κ3) is 1.91. The second-order valence-electron chi connectivity index (χ2n) is 4.45. The van der Waals surface area contributed by atoms with Crippen LogP contribution in [0.3, 0.4) is 0 Å². The van der Waals surface area contributed by atoms with Crippen LogP contribution in [0.1, 0.15) is 18.2 Å². The summed E-state index contributed by atoms with van der Waals surface area (Å²) in [5.41, 5.74) is 1.62. The molecule has 0 radical (unpaired) electrons. The maximum Gasteiger partial charge on any atom is 0.190 e. The van der Waals surface area contributed by atoms with Crippen LogP contribution in [0.2, 0.25) is 0 Å². The highest BCUT2D eigenvalue weighted by atomic mass is 16.3. The fourth-order valence-corrected chi connectivity index (χ4v) is 1.77. The van der Waals surface area contributed by atoms with Gasteiger partial charge in [0.2, 0.25) is 0 Å². The van der Waals surface area contributed by atoms with Gasteiger partial charge in [-0.3, -0.25) is 0 Å². The lowest BCUT2D eigenvalue weighted by atomic mass is 10.0. The highest BCUT2D eigenvalue weighted by molar-refractivity contribution is 5.86. The predicted molar refractivity (Wildman–Crippen MR) is 66.0 cm³/mol. The number of hydrogen-bond acceptors (Lipinski definition) is 2. The highest BCUT2D eigenvalue weighted by Gasteiger charge is 2.24. The minimum absolute atomic E-state index is 0.353. The third-order valence-corrected chi connectivity index (χ3v) is 2.95. The molecule has 0 fully saturated rings. The SMILES string of the molecule is [C-]#[N+]c1cc2cc(C(C)(O)CO)[nH]c2cc1C. The number of nitrogens with zero attached hydrogens (tertiary/aromatic N) is 1. The zero-order valence-corrected chi connectivity index (χ0v) is 9.78. The lowest BCUT2D eigenvalue weighted by molar-refractivity contribution is -0.00526. The van der Waals surface area contributed by atoms with E-state index in [-0.39, 0.29) is 6.61 Å². The molecule has 3 N–H and O–H groups in total. The molecule has 1 unspecified atom stereocenters. The normalized spacial score (nSPS) is 14.5. The summed E-state index contributed by atoms with van der Waals surface area (Å²) in [4.78, 5) is 6.50. The molecular formula is C13H14N2O2.